The van der Waals surface area contributed by atoms with Crippen molar-refractivity contribution in [1.82, 2.24) is 5.32 Å². The molecule has 0 fully saturated rings. The quantitative estimate of drug-likeness (QED) is 0.711. The number of aliphatic hydroxyl groups is 1. The molecule has 96 valence electrons. The maximum absolute atomic E-state index is 9.73. The van der Waals surface area contributed by atoms with Crippen LogP contribution in [-0.2, 0) is 6.54 Å². The van der Waals surface area contributed by atoms with Gasteiger partial charge in [-0.15, -0.1) is 0 Å². The molecule has 0 aliphatic rings. The molecule has 17 heavy (non-hydrogen) atoms. The van der Waals surface area contributed by atoms with Crippen LogP contribution in [0.1, 0.15) is 31.4 Å². The highest BCUT2D eigenvalue weighted by molar-refractivity contribution is 5.35. The summed E-state index contributed by atoms with van der Waals surface area (Å²) in [6.45, 7) is 7.09. The van der Waals surface area contributed by atoms with Crippen LogP contribution in [0.25, 0.3) is 0 Å². The van der Waals surface area contributed by atoms with Crippen LogP contribution in [0.2, 0.25) is 0 Å². The van der Waals surface area contributed by atoms with Gasteiger partial charge in [0.15, 0.2) is 0 Å². The van der Waals surface area contributed by atoms with Gasteiger partial charge in [-0.25, -0.2) is 0 Å². The molecule has 1 aromatic rings. The summed E-state index contributed by atoms with van der Waals surface area (Å²) >= 11 is 0. The summed E-state index contributed by atoms with van der Waals surface area (Å²) in [5.41, 5.74) is 2.05. The van der Waals surface area contributed by atoms with Crippen LogP contribution in [0.5, 0.6) is 5.75 Å². The van der Waals surface area contributed by atoms with Crippen molar-refractivity contribution in [3.8, 4) is 5.75 Å². The fourth-order valence-corrected chi connectivity index (χ4v) is 1.91. The number of phenolic OH excluding ortho intramolecular Hbond substituents is 1. The number of hydrogen-bond acceptors (Lipinski definition) is 3. The number of phenols is 1. The van der Waals surface area contributed by atoms with Gasteiger partial charge < -0.3 is 15.5 Å². The van der Waals surface area contributed by atoms with Gasteiger partial charge in [0.1, 0.15) is 5.75 Å². The van der Waals surface area contributed by atoms with Crippen molar-refractivity contribution in [2.75, 3.05) is 6.61 Å². The van der Waals surface area contributed by atoms with Crippen molar-refractivity contribution in [2.24, 2.45) is 5.92 Å². The molecule has 0 heterocycles. The Kier molecular flexibility index (Phi) is 5.45. The van der Waals surface area contributed by atoms with E-state index < -0.39 is 0 Å². The van der Waals surface area contributed by atoms with Gasteiger partial charge in [0, 0.05) is 24.8 Å². The minimum atomic E-state index is 0.190. The second kappa shape index (κ2) is 6.62. The fourth-order valence-electron chi connectivity index (χ4n) is 1.91. The van der Waals surface area contributed by atoms with Gasteiger partial charge in [-0.2, -0.15) is 0 Å². The van der Waals surface area contributed by atoms with Crippen LogP contribution >= 0.6 is 0 Å². The second-order valence-corrected chi connectivity index (χ2v) is 4.88. The summed E-state index contributed by atoms with van der Waals surface area (Å²) in [5, 5.41) is 22.1. The lowest BCUT2D eigenvalue weighted by Gasteiger charge is -2.22. The van der Waals surface area contributed by atoms with Crippen molar-refractivity contribution in [2.45, 2.75) is 39.8 Å². The second-order valence-electron chi connectivity index (χ2n) is 4.88. The van der Waals surface area contributed by atoms with Crippen molar-refractivity contribution < 1.29 is 10.2 Å². The Labute approximate surface area is 103 Å². The molecule has 0 bridgehead atoms. The molecule has 0 aromatic heterocycles. The van der Waals surface area contributed by atoms with Crippen LogP contribution in [0.15, 0.2) is 18.2 Å². The smallest absolute Gasteiger partial charge is 0.120 e. The minimum Gasteiger partial charge on any atom is -0.508 e. The molecule has 3 N–H and O–H groups in total. The molecular weight excluding hydrogens is 214 g/mol. The summed E-state index contributed by atoms with van der Waals surface area (Å²) in [6, 6.07) is 5.88. The van der Waals surface area contributed by atoms with Gasteiger partial charge in [-0.1, -0.05) is 31.5 Å². The summed E-state index contributed by atoms with van der Waals surface area (Å²) in [7, 11) is 0. The molecule has 0 amide bonds. The molecule has 0 spiro atoms. The Morgan fingerprint density at radius 3 is 2.59 bits per heavy atom. The number of aryl methyl sites for hydroxylation is 1. The molecule has 3 nitrogen and oxygen atoms in total. The van der Waals surface area contributed by atoms with E-state index in [9.17, 15) is 5.11 Å². The topological polar surface area (TPSA) is 52.5 Å². The fraction of sp³-hybridized carbons (Fsp3) is 0.571. The van der Waals surface area contributed by atoms with Gasteiger partial charge in [0.25, 0.3) is 0 Å². The van der Waals surface area contributed by atoms with Crippen molar-refractivity contribution in [1.29, 1.82) is 0 Å². The number of aliphatic hydroxyl groups excluding tert-OH is 1. The summed E-state index contributed by atoms with van der Waals surface area (Å²) in [4.78, 5) is 0. The normalized spacial score (nSPS) is 13.0. The predicted molar refractivity (Wildman–Crippen MR) is 70.0 cm³/mol. The number of hydrogen-bond donors (Lipinski definition) is 3. The zero-order valence-electron chi connectivity index (χ0n) is 10.9. The van der Waals surface area contributed by atoms with Gasteiger partial charge in [-0.05, 0) is 25.3 Å². The Morgan fingerprint density at radius 1 is 1.29 bits per heavy atom. The third kappa shape index (κ3) is 4.36. The molecule has 0 saturated carbocycles. The van der Waals surface area contributed by atoms with Crippen molar-refractivity contribution >= 4 is 0 Å². The highest BCUT2D eigenvalue weighted by Gasteiger charge is 2.12. The van der Waals surface area contributed by atoms with E-state index in [-0.39, 0.29) is 12.6 Å². The van der Waals surface area contributed by atoms with E-state index in [1.165, 1.54) is 0 Å². The monoisotopic (exact) mass is 237 g/mol. The first kappa shape index (κ1) is 14.0. The molecule has 0 radical (unpaired) electrons. The van der Waals surface area contributed by atoms with Gasteiger partial charge in [0.05, 0.1) is 0 Å². The van der Waals surface area contributed by atoms with Crippen LogP contribution in [0, 0.1) is 12.8 Å². The third-order valence-electron chi connectivity index (χ3n) is 3.03. The molecule has 0 saturated heterocycles. The SMILES string of the molecule is Cc1ccc(O)c(CNC(CCO)C(C)C)c1. The minimum absolute atomic E-state index is 0.190. The molecular formula is C14H23NO2. The lowest BCUT2D eigenvalue weighted by Crippen LogP contribution is -2.34. The maximum atomic E-state index is 9.73. The van der Waals surface area contributed by atoms with Crippen LogP contribution in [-0.4, -0.2) is 22.9 Å². The van der Waals surface area contributed by atoms with Crippen molar-refractivity contribution in [3.63, 3.8) is 0 Å². The van der Waals surface area contributed by atoms with E-state index in [4.69, 9.17) is 5.11 Å². The van der Waals surface area contributed by atoms with Crippen LogP contribution in [0.3, 0.4) is 0 Å². The van der Waals surface area contributed by atoms with Crippen LogP contribution in [0.4, 0.5) is 0 Å². The van der Waals surface area contributed by atoms with E-state index in [0.29, 0.717) is 18.2 Å². The Morgan fingerprint density at radius 2 is 2.00 bits per heavy atom. The average Bonchev–Trinajstić information content (AvgIpc) is 2.28. The highest BCUT2D eigenvalue weighted by atomic mass is 16.3. The van der Waals surface area contributed by atoms with E-state index >= 15 is 0 Å². The molecule has 1 aromatic carbocycles. The summed E-state index contributed by atoms with van der Waals surface area (Å²) < 4.78 is 0. The largest absolute Gasteiger partial charge is 0.508 e. The molecule has 1 rings (SSSR count). The van der Waals surface area contributed by atoms with Gasteiger partial charge >= 0.3 is 0 Å². The molecule has 3 heteroatoms. The van der Waals surface area contributed by atoms with Gasteiger partial charge in [0.2, 0.25) is 0 Å². The van der Waals surface area contributed by atoms with Gasteiger partial charge in [-0.3, -0.25) is 0 Å². The molecule has 0 aliphatic carbocycles. The lowest BCUT2D eigenvalue weighted by atomic mass is 10.0. The first-order valence-corrected chi connectivity index (χ1v) is 6.17. The van der Waals surface area contributed by atoms with E-state index in [1.807, 2.05) is 19.1 Å². The summed E-state index contributed by atoms with van der Waals surface area (Å²) in [6.07, 6.45) is 0.740. The van der Waals surface area contributed by atoms with E-state index in [0.717, 1.165) is 17.5 Å². The molecule has 0 aliphatic heterocycles. The van der Waals surface area contributed by atoms with Crippen molar-refractivity contribution in [3.05, 3.63) is 29.3 Å². The van der Waals surface area contributed by atoms with E-state index in [2.05, 4.69) is 19.2 Å². The third-order valence-corrected chi connectivity index (χ3v) is 3.03. The Bertz CT molecular complexity index is 350. The zero-order valence-corrected chi connectivity index (χ0v) is 10.9. The summed E-state index contributed by atoms with van der Waals surface area (Å²) in [5.74, 6) is 0.795. The number of rotatable bonds is 6. The first-order valence-electron chi connectivity index (χ1n) is 6.17. The predicted octanol–water partition coefficient (Wildman–Crippen LogP) is 2.20. The van der Waals surface area contributed by atoms with Crippen LogP contribution < -0.4 is 5.32 Å². The first-order chi connectivity index (χ1) is 8.04. The standard InChI is InChI=1S/C14H23NO2/c1-10(2)13(6-7-16)15-9-12-8-11(3)4-5-14(12)17/h4-5,8,10,13,15-17H,6-7,9H2,1-3H3. The zero-order chi connectivity index (χ0) is 12.8. The van der Waals surface area contributed by atoms with E-state index in [1.54, 1.807) is 6.07 Å². The molecule has 1 unspecified atom stereocenters. The Hall–Kier alpha value is -1.06. The average molecular weight is 237 g/mol. The molecule has 1 atom stereocenters. The Balaban J connectivity index is 2.61. The lowest BCUT2D eigenvalue weighted by molar-refractivity contribution is 0.243. The number of aromatic hydroxyl groups is 1. The number of nitrogens with one attached hydrogen (secondary N) is 1. The highest BCUT2D eigenvalue weighted by Crippen LogP contribution is 2.18. The maximum Gasteiger partial charge on any atom is 0.120 e. The number of benzene rings is 1.